The third-order valence-corrected chi connectivity index (χ3v) is 3.66. The predicted octanol–water partition coefficient (Wildman–Crippen LogP) is 0.679. The Balaban J connectivity index is 2.28. The number of carbonyl (C=O) groups excluding carboxylic acids is 2. The van der Waals surface area contributed by atoms with Crippen LogP contribution in [0.1, 0.15) is 5.56 Å². The van der Waals surface area contributed by atoms with Crippen LogP contribution in [0.25, 0.3) is 6.08 Å². The second kappa shape index (κ2) is 5.98. The van der Waals surface area contributed by atoms with E-state index in [0.29, 0.717) is 29.3 Å². The summed E-state index contributed by atoms with van der Waals surface area (Å²) in [5.74, 6) is 0.0289. The number of aromatic hydroxyl groups is 1. The van der Waals surface area contributed by atoms with Gasteiger partial charge in [-0.15, -0.1) is 0 Å². The first kappa shape index (κ1) is 14.4. The topological polar surface area (TPSA) is 94.5 Å². The molecule has 0 spiro atoms. The average Bonchev–Trinajstić information content (AvgIpc) is 2.69. The molecule has 20 heavy (non-hydrogen) atoms. The third-order valence-electron chi connectivity index (χ3n) is 2.76. The van der Waals surface area contributed by atoms with Crippen LogP contribution < -0.4 is 10.5 Å². The van der Waals surface area contributed by atoms with Crippen molar-refractivity contribution in [1.29, 1.82) is 0 Å². The number of ether oxygens (including phenoxy) is 1. The molecule has 0 atom stereocenters. The van der Waals surface area contributed by atoms with Crippen LogP contribution in [0.3, 0.4) is 0 Å². The Hall–Kier alpha value is -1.99. The van der Waals surface area contributed by atoms with Crippen molar-refractivity contribution in [2.45, 2.75) is 0 Å². The fourth-order valence-electron chi connectivity index (χ4n) is 1.79. The molecule has 1 aliphatic heterocycles. The lowest BCUT2D eigenvalue weighted by Gasteiger charge is -2.08. The summed E-state index contributed by atoms with van der Waals surface area (Å²) in [4.78, 5) is 25.3. The van der Waals surface area contributed by atoms with Crippen molar-refractivity contribution >= 4 is 29.0 Å². The zero-order chi connectivity index (χ0) is 14.7. The number of methoxy groups -OCH3 is 1. The van der Waals surface area contributed by atoms with Crippen molar-refractivity contribution in [1.82, 2.24) is 4.90 Å². The fourth-order valence-corrected chi connectivity index (χ4v) is 2.65. The summed E-state index contributed by atoms with van der Waals surface area (Å²) in [6.07, 6.45) is 1.61. The number of benzene rings is 1. The van der Waals surface area contributed by atoms with E-state index in [2.05, 4.69) is 5.73 Å². The van der Waals surface area contributed by atoms with Crippen LogP contribution in [0.4, 0.5) is 4.79 Å². The molecule has 0 aliphatic carbocycles. The lowest BCUT2D eigenvalue weighted by molar-refractivity contribution is -0.367. The number of rotatable bonds is 4. The number of hydrogen-bond donors (Lipinski definition) is 2. The molecule has 1 heterocycles. The SMILES string of the molecule is COc1cc(/C=C2\SC(=O)N(CC[NH3+])C2=O)ccc1O. The van der Waals surface area contributed by atoms with Gasteiger partial charge in [0.05, 0.1) is 25.1 Å². The van der Waals surface area contributed by atoms with E-state index >= 15 is 0 Å². The van der Waals surface area contributed by atoms with Crippen molar-refractivity contribution in [3.8, 4) is 11.5 Å². The Morgan fingerprint density at radius 1 is 1.45 bits per heavy atom. The molecular weight excluding hydrogens is 280 g/mol. The Bertz CT molecular complexity index is 586. The summed E-state index contributed by atoms with van der Waals surface area (Å²) in [6, 6.07) is 4.72. The summed E-state index contributed by atoms with van der Waals surface area (Å²) in [6.45, 7) is 0.805. The smallest absolute Gasteiger partial charge is 0.293 e. The molecule has 0 aromatic heterocycles. The summed E-state index contributed by atoms with van der Waals surface area (Å²) >= 11 is 0.902. The van der Waals surface area contributed by atoms with Gasteiger partial charge in [-0.25, -0.2) is 0 Å². The van der Waals surface area contributed by atoms with Crippen LogP contribution >= 0.6 is 11.8 Å². The summed E-state index contributed by atoms with van der Waals surface area (Å²) in [5, 5.41) is 9.23. The van der Waals surface area contributed by atoms with E-state index < -0.39 is 0 Å². The maximum Gasteiger partial charge on any atom is 0.293 e. The first-order chi connectivity index (χ1) is 9.56. The predicted molar refractivity (Wildman–Crippen MR) is 75.1 cm³/mol. The fraction of sp³-hybridized carbons (Fsp3) is 0.231. The molecule has 1 fully saturated rings. The highest BCUT2D eigenvalue weighted by Crippen LogP contribution is 2.33. The molecule has 2 rings (SSSR count). The Morgan fingerprint density at radius 3 is 2.85 bits per heavy atom. The van der Waals surface area contributed by atoms with E-state index in [1.807, 2.05) is 0 Å². The number of imide groups is 1. The molecular formula is C13H15N2O4S+. The van der Waals surface area contributed by atoms with Gasteiger partial charge in [-0.2, -0.15) is 0 Å². The quantitative estimate of drug-likeness (QED) is 0.797. The van der Waals surface area contributed by atoms with E-state index in [9.17, 15) is 14.7 Å². The molecule has 0 radical (unpaired) electrons. The van der Waals surface area contributed by atoms with Crippen LogP contribution in [0.15, 0.2) is 23.1 Å². The van der Waals surface area contributed by atoms with Crippen molar-refractivity contribution in [3.63, 3.8) is 0 Å². The number of hydrogen-bond acceptors (Lipinski definition) is 5. The van der Waals surface area contributed by atoms with E-state index in [1.54, 1.807) is 18.2 Å². The van der Waals surface area contributed by atoms with Gasteiger partial charge in [0.15, 0.2) is 11.5 Å². The van der Waals surface area contributed by atoms with Gasteiger partial charge in [-0.3, -0.25) is 14.5 Å². The molecule has 1 saturated heterocycles. The Labute approximate surface area is 120 Å². The minimum absolute atomic E-state index is 0.0230. The summed E-state index contributed by atoms with van der Waals surface area (Å²) in [7, 11) is 1.45. The van der Waals surface area contributed by atoms with Crippen molar-refractivity contribution < 1.29 is 25.2 Å². The van der Waals surface area contributed by atoms with E-state index in [1.165, 1.54) is 18.1 Å². The van der Waals surface area contributed by atoms with Gasteiger partial charge in [0, 0.05) is 0 Å². The first-order valence-corrected chi connectivity index (χ1v) is 6.80. The molecule has 2 amide bonds. The van der Waals surface area contributed by atoms with Gasteiger partial charge in [-0.1, -0.05) is 6.07 Å². The number of nitrogens with zero attached hydrogens (tertiary/aromatic N) is 1. The molecule has 6 nitrogen and oxygen atoms in total. The molecule has 0 bridgehead atoms. The van der Waals surface area contributed by atoms with Crippen LogP contribution in [-0.2, 0) is 4.79 Å². The normalized spacial score (nSPS) is 17.1. The molecule has 106 valence electrons. The zero-order valence-electron chi connectivity index (χ0n) is 11.0. The van der Waals surface area contributed by atoms with E-state index in [-0.39, 0.29) is 16.9 Å². The molecule has 1 aliphatic rings. The molecule has 0 saturated carbocycles. The third kappa shape index (κ3) is 2.78. The van der Waals surface area contributed by atoms with Gasteiger partial charge < -0.3 is 15.6 Å². The number of phenols is 1. The van der Waals surface area contributed by atoms with Gasteiger partial charge >= 0.3 is 0 Å². The highest BCUT2D eigenvalue weighted by Gasteiger charge is 2.34. The van der Waals surface area contributed by atoms with Gasteiger partial charge in [-0.05, 0) is 35.5 Å². The van der Waals surface area contributed by atoms with Gasteiger partial charge in [0.25, 0.3) is 11.1 Å². The van der Waals surface area contributed by atoms with Crippen LogP contribution in [0.2, 0.25) is 0 Å². The summed E-state index contributed by atoms with van der Waals surface area (Å²) < 4.78 is 5.00. The van der Waals surface area contributed by atoms with Gasteiger partial charge in [0.1, 0.15) is 0 Å². The monoisotopic (exact) mass is 295 g/mol. The highest BCUT2D eigenvalue weighted by atomic mass is 32.2. The second-order valence-electron chi connectivity index (χ2n) is 4.12. The first-order valence-electron chi connectivity index (χ1n) is 5.98. The maximum atomic E-state index is 12.0. The highest BCUT2D eigenvalue weighted by molar-refractivity contribution is 8.18. The van der Waals surface area contributed by atoms with Crippen molar-refractivity contribution in [2.75, 3.05) is 20.2 Å². The van der Waals surface area contributed by atoms with Crippen LogP contribution in [-0.4, -0.2) is 41.4 Å². The Morgan fingerprint density at radius 2 is 2.20 bits per heavy atom. The van der Waals surface area contributed by atoms with E-state index in [4.69, 9.17) is 4.74 Å². The van der Waals surface area contributed by atoms with Crippen LogP contribution in [0, 0.1) is 0 Å². The molecule has 1 aromatic carbocycles. The van der Waals surface area contributed by atoms with Gasteiger partial charge in [0.2, 0.25) is 0 Å². The lowest BCUT2D eigenvalue weighted by Crippen LogP contribution is -2.55. The molecule has 7 heteroatoms. The minimum atomic E-state index is -0.310. The number of quaternary nitrogens is 1. The van der Waals surface area contributed by atoms with Crippen molar-refractivity contribution in [3.05, 3.63) is 28.7 Å². The average molecular weight is 295 g/mol. The maximum absolute atomic E-state index is 12.0. The zero-order valence-corrected chi connectivity index (χ0v) is 11.8. The largest absolute Gasteiger partial charge is 0.504 e. The lowest BCUT2D eigenvalue weighted by atomic mass is 10.2. The second-order valence-corrected chi connectivity index (χ2v) is 5.11. The molecule has 1 aromatic rings. The Kier molecular flexibility index (Phi) is 4.31. The molecule has 0 unspecified atom stereocenters. The number of thioether (sulfide) groups is 1. The standard InChI is InChI=1S/C13H14N2O4S/c1-19-10-6-8(2-3-9(10)16)7-11-12(17)15(5-4-14)13(18)20-11/h2-3,6-7,16H,4-5,14H2,1H3/p+1/b11-7-. The van der Waals surface area contributed by atoms with Crippen molar-refractivity contribution in [2.24, 2.45) is 0 Å². The minimum Gasteiger partial charge on any atom is -0.504 e. The number of phenolic OH excluding ortho intramolecular Hbond substituents is 1. The number of carbonyl (C=O) groups is 2. The van der Waals surface area contributed by atoms with E-state index in [0.717, 1.165) is 11.8 Å². The molecule has 4 N–H and O–H groups in total. The number of amides is 2. The van der Waals surface area contributed by atoms with Crippen LogP contribution in [0.5, 0.6) is 11.5 Å². The summed E-state index contributed by atoms with van der Waals surface area (Å²) in [5.41, 5.74) is 4.32.